The average molecular weight is 371 g/mol. The number of carbonyl (C=O) groups is 1. The first-order valence-corrected chi connectivity index (χ1v) is 9.18. The standard InChI is InChI=1S/C24H21NO3/c1-17-6-10-21(11-7-17)25-15-20-14-19(9-13-24(20)28-16-25)23(27)12-8-18-4-2-3-5-22(18)26/h2-14,26H,15-16H2,1H3/b12-8+. The monoisotopic (exact) mass is 371 g/mol. The molecule has 28 heavy (non-hydrogen) atoms. The number of aryl methyl sites for hydroxylation is 1. The fourth-order valence-electron chi connectivity index (χ4n) is 3.21. The van der Waals surface area contributed by atoms with Gasteiger partial charge in [0.25, 0.3) is 0 Å². The van der Waals surface area contributed by atoms with Gasteiger partial charge >= 0.3 is 0 Å². The molecule has 1 heterocycles. The molecular formula is C24H21NO3. The van der Waals surface area contributed by atoms with Gasteiger partial charge in [0, 0.05) is 28.9 Å². The van der Waals surface area contributed by atoms with Crippen LogP contribution < -0.4 is 9.64 Å². The van der Waals surface area contributed by atoms with E-state index in [4.69, 9.17) is 4.74 Å². The van der Waals surface area contributed by atoms with Gasteiger partial charge in [-0.3, -0.25) is 4.79 Å². The van der Waals surface area contributed by atoms with E-state index in [9.17, 15) is 9.90 Å². The Balaban J connectivity index is 1.53. The summed E-state index contributed by atoms with van der Waals surface area (Å²) in [7, 11) is 0. The lowest BCUT2D eigenvalue weighted by Gasteiger charge is -2.31. The number of para-hydroxylation sites is 1. The van der Waals surface area contributed by atoms with Gasteiger partial charge in [0.15, 0.2) is 12.5 Å². The molecule has 0 bridgehead atoms. The number of fused-ring (bicyclic) bond motifs is 1. The molecule has 0 amide bonds. The van der Waals surface area contributed by atoms with Gasteiger partial charge in [0.1, 0.15) is 11.5 Å². The number of benzene rings is 3. The summed E-state index contributed by atoms with van der Waals surface area (Å²) in [6.07, 6.45) is 3.12. The van der Waals surface area contributed by atoms with E-state index in [0.29, 0.717) is 24.4 Å². The van der Waals surface area contributed by atoms with Crippen LogP contribution in [0.1, 0.15) is 27.0 Å². The minimum atomic E-state index is -0.112. The van der Waals surface area contributed by atoms with Crippen molar-refractivity contribution >= 4 is 17.5 Å². The molecule has 4 heteroatoms. The number of nitrogens with zero attached hydrogens (tertiary/aromatic N) is 1. The summed E-state index contributed by atoms with van der Waals surface area (Å²) in [5.41, 5.74) is 4.50. The van der Waals surface area contributed by atoms with Crippen molar-refractivity contribution in [2.24, 2.45) is 0 Å². The maximum Gasteiger partial charge on any atom is 0.185 e. The van der Waals surface area contributed by atoms with Crippen LogP contribution in [0.4, 0.5) is 5.69 Å². The Morgan fingerprint density at radius 3 is 2.64 bits per heavy atom. The van der Waals surface area contributed by atoms with Gasteiger partial charge < -0.3 is 14.7 Å². The number of phenols is 1. The predicted octanol–water partition coefficient (Wildman–Crippen LogP) is 4.95. The van der Waals surface area contributed by atoms with Crippen molar-refractivity contribution in [1.29, 1.82) is 0 Å². The van der Waals surface area contributed by atoms with Crippen molar-refractivity contribution in [3.8, 4) is 11.5 Å². The van der Waals surface area contributed by atoms with Gasteiger partial charge in [-0.25, -0.2) is 0 Å². The predicted molar refractivity (Wildman–Crippen MR) is 111 cm³/mol. The van der Waals surface area contributed by atoms with E-state index < -0.39 is 0 Å². The zero-order chi connectivity index (χ0) is 19.5. The van der Waals surface area contributed by atoms with Gasteiger partial charge in [0.05, 0.1) is 0 Å². The van der Waals surface area contributed by atoms with Crippen LogP contribution in [0.25, 0.3) is 6.08 Å². The molecule has 3 aromatic carbocycles. The van der Waals surface area contributed by atoms with Crippen molar-refractivity contribution in [2.45, 2.75) is 13.5 Å². The molecule has 1 aliphatic rings. The summed E-state index contributed by atoms with van der Waals surface area (Å²) in [5.74, 6) is 0.849. The highest BCUT2D eigenvalue weighted by Gasteiger charge is 2.19. The summed E-state index contributed by atoms with van der Waals surface area (Å²) in [5, 5.41) is 9.82. The van der Waals surface area contributed by atoms with Crippen LogP contribution >= 0.6 is 0 Å². The molecule has 4 rings (SSSR count). The Hall–Kier alpha value is -3.53. The SMILES string of the molecule is Cc1ccc(N2COc3ccc(C(=O)/C=C/c4ccccc4O)cc3C2)cc1. The van der Waals surface area contributed by atoms with Crippen molar-refractivity contribution < 1.29 is 14.6 Å². The van der Waals surface area contributed by atoms with E-state index in [2.05, 4.69) is 36.1 Å². The largest absolute Gasteiger partial charge is 0.507 e. The first kappa shape index (κ1) is 17.9. The summed E-state index contributed by atoms with van der Waals surface area (Å²) in [6.45, 7) is 3.23. The third-order valence-corrected chi connectivity index (χ3v) is 4.83. The van der Waals surface area contributed by atoms with Crippen LogP contribution in [-0.2, 0) is 6.54 Å². The topological polar surface area (TPSA) is 49.8 Å². The number of rotatable bonds is 4. The number of ether oxygens (including phenoxy) is 1. The lowest BCUT2D eigenvalue weighted by atomic mass is 10.0. The van der Waals surface area contributed by atoms with E-state index in [1.54, 1.807) is 30.3 Å². The number of allylic oxidation sites excluding steroid dienone is 1. The van der Waals surface area contributed by atoms with Crippen molar-refractivity contribution in [1.82, 2.24) is 0 Å². The average Bonchev–Trinajstić information content (AvgIpc) is 2.72. The van der Waals surface area contributed by atoms with Crippen molar-refractivity contribution in [3.63, 3.8) is 0 Å². The minimum absolute atomic E-state index is 0.112. The number of phenolic OH excluding ortho intramolecular Hbond substituents is 1. The lowest BCUT2D eigenvalue weighted by molar-refractivity contribution is 0.104. The molecule has 0 saturated heterocycles. The molecule has 0 radical (unpaired) electrons. The molecule has 1 aliphatic heterocycles. The Bertz CT molecular complexity index is 1040. The van der Waals surface area contributed by atoms with Gasteiger partial charge in [-0.2, -0.15) is 0 Å². The van der Waals surface area contributed by atoms with E-state index in [-0.39, 0.29) is 11.5 Å². The number of hydrogen-bond donors (Lipinski definition) is 1. The number of aromatic hydroxyl groups is 1. The molecule has 0 aliphatic carbocycles. The quantitative estimate of drug-likeness (QED) is 0.521. The fraction of sp³-hybridized carbons (Fsp3) is 0.125. The second-order valence-corrected chi connectivity index (χ2v) is 6.89. The summed E-state index contributed by atoms with van der Waals surface area (Å²) in [6, 6.07) is 20.7. The smallest absolute Gasteiger partial charge is 0.185 e. The maximum atomic E-state index is 12.6. The second-order valence-electron chi connectivity index (χ2n) is 6.89. The zero-order valence-corrected chi connectivity index (χ0v) is 15.6. The van der Waals surface area contributed by atoms with Crippen LogP contribution in [0.5, 0.6) is 11.5 Å². The number of anilines is 1. The van der Waals surface area contributed by atoms with E-state index >= 15 is 0 Å². The summed E-state index contributed by atoms with van der Waals surface area (Å²) in [4.78, 5) is 14.7. The molecule has 0 aromatic heterocycles. The molecule has 0 saturated carbocycles. The molecular weight excluding hydrogens is 350 g/mol. The van der Waals surface area contributed by atoms with Crippen LogP contribution in [0, 0.1) is 6.92 Å². The Morgan fingerprint density at radius 2 is 1.86 bits per heavy atom. The molecule has 4 nitrogen and oxygen atoms in total. The van der Waals surface area contributed by atoms with Crippen LogP contribution in [-0.4, -0.2) is 17.6 Å². The fourth-order valence-corrected chi connectivity index (χ4v) is 3.21. The highest BCUT2D eigenvalue weighted by atomic mass is 16.5. The maximum absolute atomic E-state index is 12.6. The van der Waals surface area contributed by atoms with Crippen LogP contribution in [0.2, 0.25) is 0 Å². The third kappa shape index (κ3) is 3.76. The highest BCUT2D eigenvalue weighted by molar-refractivity contribution is 6.07. The first-order chi connectivity index (χ1) is 13.6. The molecule has 0 spiro atoms. The molecule has 0 fully saturated rings. The second kappa shape index (κ2) is 7.61. The lowest BCUT2D eigenvalue weighted by Crippen LogP contribution is -2.31. The van der Waals surface area contributed by atoms with Crippen molar-refractivity contribution in [2.75, 3.05) is 11.6 Å². The van der Waals surface area contributed by atoms with Crippen LogP contribution in [0.15, 0.2) is 72.8 Å². The van der Waals surface area contributed by atoms with Gasteiger partial charge in [0.2, 0.25) is 0 Å². The zero-order valence-electron chi connectivity index (χ0n) is 15.6. The molecule has 0 unspecified atom stereocenters. The number of hydrogen-bond acceptors (Lipinski definition) is 4. The summed E-state index contributed by atoms with van der Waals surface area (Å²) < 4.78 is 5.86. The molecule has 140 valence electrons. The summed E-state index contributed by atoms with van der Waals surface area (Å²) >= 11 is 0. The first-order valence-electron chi connectivity index (χ1n) is 9.18. The number of carbonyl (C=O) groups excluding carboxylic acids is 1. The Labute approximate surface area is 164 Å². The van der Waals surface area contributed by atoms with E-state index in [1.807, 2.05) is 18.2 Å². The van der Waals surface area contributed by atoms with Gasteiger partial charge in [-0.05, 0) is 55.5 Å². The Kier molecular flexibility index (Phi) is 4.85. The van der Waals surface area contributed by atoms with Gasteiger partial charge in [-0.1, -0.05) is 35.9 Å². The molecule has 1 N–H and O–H groups in total. The minimum Gasteiger partial charge on any atom is -0.507 e. The van der Waals surface area contributed by atoms with Crippen molar-refractivity contribution in [3.05, 3.63) is 95.1 Å². The normalized spacial score (nSPS) is 13.2. The Morgan fingerprint density at radius 1 is 1.07 bits per heavy atom. The van der Waals surface area contributed by atoms with E-state index in [0.717, 1.165) is 17.0 Å². The highest BCUT2D eigenvalue weighted by Crippen LogP contribution is 2.29. The van der Waals surface area contributed by atoms with Crippen LogP contribution in [0.3, 0.4) is 0 Å². The third-order valence-electron chi connectivity index (χ3n) is 4.83. The molecule has 0 atom stereocenters. The molecule has 3 aromatic rings. The van der Waals surface area contributed by atoms with Gasteiger partial charge in [-0.15, -0.1) is 0 Å². The number of ketones is 1. The van der Waals surface area contributed by atoms with E-state index in [1.165, 1.54) is 11.6 Å².